The minimum absolute atomic E-state index is 0.0445. The highest BCUT2D eigenvalue weighted by molar-refractivity contribution is 6.35. The maximum atomic E-state index is 13.1. The summed E-state index contributed by atoms with van der Waals surface area (Å²) in [6, 6.07) is 28.0. The number of non-ortho nitro benzene ring substituents is 1. The van der Waals surface area contributed by atoms with Crippen molar-refractivity contribution in [3.63, 3.8) is 0 Å². The molecule has 0 spiro atoms. The quantitative estimate of drug-likeness (QED) is 0.0882. The first-order valence-electron chi connectivity index (χ1n) is 11.8. The van der Waals surface area contributed by atoms with Crippen molar-refractivity contribution in [2.45, 2.75) is 0 Å². The number of aromatic nitrogens is 1. The van der Waals surface area contributed by atoms with E-state index in [1.165, 1.54) is 24.3 Å². The van der Waals surface area contributed by atoms with Gasteiger partial charge in [-0.05, 0) is 48.5 Å². The Kier molecular flexibility index (Phi) is 7.29. The summed E-state index contributed by atoms with van der Waals surface area (Å²) in [7, 11) is 0. The van der Waals surface area contributed by atoms with Crippen molar-refractivity contribution < 1.29 is 24.0 Å². The van der Waals surface area contributed by atoms with Crippen LogP contribution in [0.4, 0.5) is 5.69 Å². The Labute approximate surface area is 227 Å². The number of nitrogens with zero attached hydrogens (tertiary/aromatic N) is 2. The summed E-state index contributed by atoms with van der Waals surface area (Å²) in [6.45, 7) is -0.466. The Morgan fingerprint density at radius 1 is 0.846 bits per heavy atom. The largest absolute Gasteiger partial charge is 0.457 e. The first-order chi connectivity index (χ1) is 18.9. The second-order valence-corrected chi connectivity index (χ2v) is 8.84. The van der Waals surface area contributed by atoms with Gasteiger partial charge in [0.2, 0.25) is 0 Å². The van der Waals surface area contributed by atoms with Gasteiger partial charge >= 0.3 is 5.97 Å². The van der Waals surface area contributed by atoms with Gasteiger partial charge in [0.25, 0.3) is 5.69 Å². The van der Waals surface area contributed by atoms with Crippen LogP contribution in [0.3, 0.4) is 0 Å². The monoisotopic (exact) mass is 538 g/mol. The Morgan fingerprint density at radius 2 is 1.51 bits per heavy atom. The smallest absolute Gasteiger partial charge is 0.339 e. The highest BCUT2D eigenvalue weighted by atomic mass is 35.5. The lowest BCUT2D eigenvalue weighted by Crippen LogP contribution is -2.15. The number of nitro benzene ring substituents is 1. The number of hydrogen-bond acceptors (Lipinski definition) is 7. The van der Waals surface area contributed by atoms with E-state index in [2.05, 4.69) is 4.98 Å². The molecule has 0 aliphatic rings. The third-order valence-corrected chi connectivity index (χ3v) is 6.18. The maximum Gasteiger partial charge on any atom is 0.339 e. The summed E-state index contributed by atoms with van der Waals surface area (Å²) in [4.78, 5) is 40.8. The fraction of sp³-hybridized carbons (Fsp3) is 0.0333. The number of halogens is 1. The number of benzene rings is 4. The molecule has 192 valence electrons. The van der Waals surface area contributed by atoms with Gasteiger partial charge in [0.15, 0.2) is 12.4 Å². The fourth-order valence-corrected chi connectivity index (χ4v) is 4.13. The summed E-state index contributed by atoms with van der Waals surface area (Å²) in [6.07, 6.45) is 0. The number of fused-ring (bicyclic) bond motifs is 1. The molecule has 0 bridgehead atoms. The normalized spacial score (nSPS) is 10.7. The number of rotatable bonds is 8. The van der Waals surface area contributed by atoms with Crippen LogP contribution in [0, 0.1) is 10.1 Å². The topological polar surface area (TPSA) is 109 Å². The molecule has 8 nitrogen and oxygen atoms in total. The standard InChI is InChI=1S/C30H19ClN2O6/c31-26-8-4-7-24-25(17-27(32-29(24)26)19-5-2-1-3-6-19)30(35)38-18-28(34)20-9-13-22(14-10-20)39-23-15-11-21(12-16-23)33(36)37/h1-17H,18H2. The van der Waals surface area contributed by atoms with E-state index in [1.807, 2.05) is 30.3 Å². The minimum Gasteiger partial charge on any atom is -0.457 e. The van der Waals surface area contributed by atoms with Gasteiger partial charge in [-0.1, -0.05) is 54.1 Å². The van der Waals surface area contributed by atoms with Gasteiger partial charge < -0.3 is 9.47 Å². The fourth-order valence-electron chi connectivity index (χ4n) is 3.91. The number of ketones is 1. The van der Waals surface area contributed by atoms with Crippen molar-refractivity contribution in [1.82, 2.24) is 4.98 Å². The van der Waals surface area contributed by atoms with Crippen LogP contribution in [0.1, 0.15) is 20.7 Å². The van der Waals surface area contributed by atoms with Gasteiger partial charge in [-0.2, -0.15) is 0 Å². The van der Waals surface area contributed by atoms with Gasteiger partial charge in [0.1, 0.15) is 11.5 Å². The number of carbonyl (C=O) groups is 2. The van der Waals surface area contributed by atoms with E-state index in [1.54, 1.807) is 48.5 Å². The lowest BCUT2D eigenvalue weighted by atomic mass is 10.0. The number of nitro groups is 1. The van der Waals surface area contributed by atoms with Gasteiger partial charge in [0, 0.05) is 28.6 Å². The van der Waals surface area contributed by atoms with E-state index in [9.17, 15) is 19.7 Å². The van der Waals surface area contributed by atoms with Crippen LogP contribution in [0.5, 0.6) is 11.5 Å². The summed E-state index contributed by atoms with van der Waals surface area (Å²) in [5, 5.41) is 11.7. The summed E-state index contributed by atoms with van der Waals surface area (Å²) < 4.78 is 11.1. The molecule has 5 rings (SSSR count). The molecule has 0 fully saturated rings. The molecule has 0 aliphatic carbocycles. The first-order valence-corrected chi connectivity index (χ1v) is 12.1. The zero-order chi connectivity index (χ0) is 27.4. The van der Waals surface area contributed by atoms with Crippen molar-refractivity contribution in [2.75, 3.05) is 6.61 Å². The maximum absolute atomic E-state index is 13.1. The predicted molar refractivity (Wildman–Crippen MR) is 146 cm³/mol. The molecule has 9 heteroatoms. The zero-order valence-corrected chi connectivity index (χ0v) is 21.0. The van der Waals surface area contributed by atoms with E-state index in [0.29, 0.717) is 38.7 Å². The van der Waals surface area contributed by atoms with Crippen molar-refractivity contribution in [2.24, 2.45) is 0 Å². The number of pyridine rings is 1. The molecular formula is C30H19ClN2O6. The molecule has 0 saturated heterocycles. The van der Waals surface area contributed by atoms with Crippen LogP contribution in [0.15, 0.2) is 103 Å². The SMILES string of the molecule is O=C(COC(=O)c1cc(-c2ccccc2)nc2c(Cl)cccc12)c1ccc(Oc2ccc([N+](=O)[O-])cc2)cc1. The Bertz CT molecular complexity index is 1690. The molecule has 0 saturated carbocycles. The molecule has 1 aromatic heterocycles. The summed E-state index contributed by atoms with van der Waals surface area (Å²) in [5.41, 5.74) is 2.35. The minimum atomic E-state index is -0.673. The van der Waals surface area contributed by atoms with Gasteiger partial charge in [-0.25, -0.2) is 9.78 Å². The molecule has 0 radical (unpaired) electrons. The van der Waals surface area contributed by atoms with Crippen molar-refractivity contribution in [1.29, 1.82) is 0 Å². The van der Waals surface area contributed by atoms with E-state index in [-0.39, 0.29) is 11.3 Å². The molecule has 0 unspecified atom stereocenters. The van der Waals surface area contributed by atoms with Crippen molar-refractivity contribution in [3.8, 4) is 22.8 Å². The number of Topliss-reactive ketones (excluding diaryl/α,β-unsaturated/α-hetero) is 1. The lowest BCUT2D eigenvalue weighted by molar-refractivity contribution is -0.384. The molecule has 0 amide bonds. The first kappa shape index (κ1) is 25.6. The third kappa shape index (κ3) is 5.76. The zero-order valence-electron chi connectivity index (χ0n) is 20.2. The highest BCUT2D eigenvalue weighted by Gasteiger charge is 2.18. The van der Waals surface area contributed by atoms with Crippen LogP contribution in [-0.4, -0.2) is 28.3 Å². The Morgan fingerprint density at radius 3 is 2.18 bits per heavy atom. The highest BCUT2D eigenvalue weighted by Crippen LogP contribution is 2.30. The van der Waals surface area contributed by atoms with Crippen molar-refractivity contribution >= 4 is 39.9 Å². The van der Waals surface area contributed by atoms with E-state index in [4.69, 9.17) is 21.1 Å². The molecule has 0 aliphatic heterocycles. The average Bonchev–Trinajstić information content (AvgIpc) is 2.96. The number of ether oxygens (including phenoxy) is 2. The molecule has 5 aromatic rings. The van der Waals surface area contributed by atoms with Crippen molar-refractivity contribution in [3.05, 3.63) is 129 Å². The van der Waals surface area contributed by atoms with Crippen LogP contribution in [0.25, 0.3) is 22.2 Å². The summed E-state index contributed by atoms with van der Waals surface area (Å²) in [5.74, 6) is -0.225. The predicted octanol–water partition coefficient (Wildman–Crippen LogP) is 7.30. The third-order valence-electron chi connectivity index (χ3n) is 5.87. The Balaban J connectivity index is 1.29. The molecule has 1 heterocycles. The number of para-hydroxylation sites is 1. The molecule has 0 N–H and O–H groups in total. The number of hydrogen-bond donors (Lipinski definition) is 0. The molecule has 39 heavy (non-hydrogen) atoms. The van der Waals surface area contributed by atoms with Gasteiger partial charge in [0.05, 0.1) is 26.7 Å². The molecule has 0 atom stereocenters. The second-order valence-electron chi connectivity index (χ2n) is 8.43. The second kappa shape index (κ2) is 11.1. The molecular weight excluding hydrogens is 520 g/mol. The van der Waals surface area contributed by atoms with Crippen LogP contribution < -0.4 is 4.74 Å². The van der Waals surface area contributed by atoms with Gasteiger partial charge in [-0.15, -0.1) is 0 Å². The van der Waals surface area contributed by atoms with Crippen LogP contribution in [-0.2, 0) is 4.74 Å². The molecule has 4 aromatic carbocycles. The van der Waals surface area contributed by atoms with E-state index >= 15 is 0 Å². The van der Waals surface area contributed by atoms with Gasteiger partial charge in [-0.3, -0.25) is 14.9 Å². The van der Waals surface area contributed by atoms with E-state index in [0.717, 1.165) is 5.56 Å². The Hall–Kier alpha value is -5.08. The van der Waals surface area contributed by atoms with E-state index < -0.39 is 23.3 Å². The van der Waals surface area contributed by atoms with Crippen LogP contribution >= 0.6 is 11.6 Å². The number of carbonyl (C=O) groups excluding carboxylic acids is 2. The summed E-state index contributed by atoms with van der Waals surface area (Å²) >= 11 is 6.38. The van der Waals surface area contributed by atoms with Crippen LogP contribution in [0.2, 0.25) is 5.02 Å². The lowest BCUT2D eigenvalue weighted by Gasteiger charge is -2.11. The average molecular weight is 539 g/mol. The number of esters is 1.